The number of carbonyl (C=O) groups excluding carboxylic acids is 1. The summed E-state index contributed by atoms with van der Waals surface area (Å²) in [5, 5.41) is 9.78. The van der Waals surface area contributed by atoms with Crippen LogP contribution in [0.3, 0.4) is 0 Å². The first kappa shape index (κ1) is 16.9. The van der Waals surface area contributed by atoms with E-state index in [2.05, 4.69) is 11.1 Å². The lowest BCUT2D eigenvalue weighted by Crippen LogP contribution is -2.49. The lowest BCUT2D eigenvalue weighted by atomic mass is 9.78. The van der Waals surface area contributed by atoms with Crippen LogP contribution in [0.2, 0.25) is 0 Å². The summed E-state index contributed by atoms with van der Waals surface area (Å²) >= 11 is 0. The largest absolute Gasteiger partial charge is 0.339 e. The van der Waals surface area contributed by atoms with Crippen LogP contribution in [-0.2, 0) is 16.8 Å². The molecule has 1 aliphatic rings. The molecule has 3 heterocycles. The zero-order valence-corrected chi connectivity index (χ0v) is 14.2. The molecule has 2 aromatic heterocycles. The number of carbonyl (C=O) groups is 1. The average molecular weight is 336 g/mol. The van der Waals surface area contributed by atoms with Gasteiger partial charge in [0.05, 0.1) is 11.8 Å². The summed E-state index contributed by atoms with van der Waals surface area (Å²) < 4.78 is 1.40. The van der Waals surface area contributed by atoms with Gasteiger partial charge in [0.15, 0.2) is 0 Å². The quantitative estimate of drug-likeness (QED) is 0.853. The summed E-state index contributed by atoms with van der Waals surface area (Å²) in [7, 11) is 0. The summed E-state index contributed by atoms with van der Waals surface area (Å²) in [6.45, 7) is 2.73. The predicted octanol–water partition coefficient (Wildman–Crippen LogP) is 1.64. The molecule has 1 unspecified atom stereocenters. The van der Waals surface area contributed by atoms with E-state index >= 15 is 0 Å². The van der Waals surface area contributed by atoms with Crippen molar-refractivity contribution < 1.29 is 4.79 Å². The number of aromatic nitrogens is 2. The van der Waals surface area contributed by atoms with E-state index in [0.717, 1.165) is 12.0 Å². The second-order valence-electron chi connectivity index (χ2n) is 6.50. The molecule has 0 aliphatic carbocycles. The Morgan fingerprint density at radius 2 is 2.24 bits per heavy atom. The second-order valence-corrected chi connectivity index (χ2v) is 6.50. The molecular formula is C19H20N4O2. The Balaban J connectivity index is 1.80. The minimum absolute atomic E-state index is 0.0111. The summed E-state index contributed by atoms with van der Waals surface area (Å²) in [4.78, 5) is 30.7. The molecule has 1 amide bonds. The number of rotatable bonds is 3. The molecule has 0 spiro atoms. The molecule has 3 rings (SSSR count). The highest BCUT2D eigenvalue weighted by Crippen LogP contribution is 2.32. The molecule has 2 aromatic rings. The molecule has 6 heteroatoms. The van der Waals surface area contributed by atoms with Crippen LogP contribution in [-0.4, -0.2) is 33.4 Å². The molecule has 1 aliphatic heterocycles. The van der Waals surface area contributed by atoms with Crippen LogP contribution >= 0.6 is 0 Å². The Morgan fingerprint density at radius 1 is 1.40 bits per heavy atom. The van der Waals surface area contributed by atoms with Gasteiger partial charge in [0.1, 0.15) is 12.0 Å². The fourth-order valence-electron chi connectivity index (χ4n) is 3.26. The van der Waals surface area contributed by atoms with Crippen LogP contribution in [0.4, 0.5) is 0 Å². The lowest BCUT2D eigenvalue weighted by Gasteiger charge is -2.38. The first-order valence-electron chi connectivity index (χ1n) is 8.32. The molecule has 0 saturated carbocycles. The standard InChI is InChI=1S/C19H20N4O2/c1-15-6-10-22(17(24)11-15)12-18(25)23-9-4-7-19(13-20,14-23)16-5-2-3-8-21-16/h2-3,5-6,8,10-11H,4,7,9,12,14H2,1H3. The van der Waals surface area contributed by atoms with E-state index in [0.29, 0.717) is 25.2 Å². The number of likely N-dealkylation sites (tertiary alicyclic amines) is 1. The minimum Gasteiger partial charge on any atom is -0.339 e. The SMILES string of the molecule is Cc1ccn(CC(=O)N2CCCC(C#N)(c3ccccn3)C2)c(=O)c1. The third kappa shape index (κ3) is 3.45. The molecule has 0 aromatic carbocycles. The van der Waals surface area contributed by atoms with Crippen molar-refractivity contribution in [2.75, 3.05) is 13.1 Å². The predicted molar refractivity (Wildman–Crippen MR) is 92.8 cm³/mol. The first-order valence-corrected chi connectivity index (χ1v) is 8.32. The zero-order valence-electron chi connectivity index (χ0n) is 14.2. The van der Waals surface area contributed by atoms with Crippen LogP contribution in [0.15, 0.2) is 47.5 Å². The minimum atomic E-state index is -0.784. The molecule has 0 radical (unpaired) electrons. The van der Waals surface area contributed by atoms with Crippen molar-refractivity contribution in [1.29, 1.82) is 5.26 Å². The number of pyridine rings is 2. The molecule has 1 saturated heterocycles. The number of nitrogens with zero attached hydrogens (tertiary/aromatic N) is 4. The maximum atomic E-state index is 12.7. The Bertz CT molecular complexity index is 869. The molecule has 1 fully saturated rings. The highest BCUT2D eigenvalue weighted by molar-refractivity contribution is 5.76. The van der Waals surface area contributed by atoms with Crippen molar-refractivity contribution in [2.45, 2.75) is 31.7 Å². The van der Waals surface area contributed by atoms with Crippen LogP contribution in [0.1, 0.15) is 24.1 Å². The number of hydrogen-bond acceptors (Lipinski definition) is 4. The van der Waals surface area contributed by atoms with Crippen LogP contribution in [0, 0.1) is 18.3 Å². The number of amides is 1. The van der Waals surface area contributed by atoms with Crippen molar-refractivity contribution in [1.82, 2.24) is 14.5 Å². The van der Waals surface area contributed by atoms with Crippen LogP contribution in [0.25, 0.3) is 0 Å². The summed E-state index contributed by atoms with van der Waals surface area (Å²) in [5.74, 6) is -0.152. The molecule has 6 nitrogen and oxygen atoms in total. The van der Waals surface area contributed by atoms with Gasteiger partial charge in [-0.15, -0.1) is 0 Å². The zero-order chi connectivity index (χ0) is 17.9. The molecule has 0 N–H and O–H groups in total. The van der Waals surface area contributed by atoms with Crippen LogP contribution in [0.5, 0.6) is 0 Å². The molecule has 25 heavy (non-hydrogen) atoms. The Morgan fingerprint density at radius 3 is 2.92 bits per heavy atom. The summed E-state index contributed by atoms with van der Waals surface area (Å²) in [5.41, 5.74) is 0.586. The maximum Gasteiger partial charge on any atom is 0.251 e. The highest BCUT2D eigenvalue weighted by Gasteiger charge is 2.40. The van der Waals surface area contributed by atoms with E-state index in [9.17, 15) is 14.9 Å². The first-order chi connectivity index (χ1) is 12.0. The van der Waals surface area contributed by atoms with E-state index in [1.54, 1.807) is 23.4 Å². The van der Waals surface area contributed by atoms with Gasteiger partial charge >= 0.3 is 0 Å². The van der Waals surface area contributed by atoms with Crippen molar-refractivity contribution in [3.8, 4) is 6.07 Å². The fraction of sp³-hybridized carbons (Fsp3) is 0.368. The van der Waals surface area contributed by atoms with E-state index in [1.165, 1.54) is 10.6 Å². The molecule has 1 atom stereocenters. The fourth-order valence-corrected chi connectivity index (χ4v) is 3.26. The van der Waals surface area contributed by atoms with Crippen molar-refractivity contribution in [2.24, 2.45) is 0 Å². The average Bonchev–Trinajstić information content (AvgIpc) is 2.64. The smallest absolute Gasteiger partial charge is 0.251 e. The highest BCUT2D eigenvalue weighted by atomic mass is 16.2. The summed E-state index contributed by atoms with van der Waals surface area (Å²) in [6, 6.07) is 11.2. The topological polar surface area (TPSA) is 79.0 Å². The van der Waals surface area contributed by atoms with Gasteiger partial charge in [-0.25, -0.2) is 0 Å². The van der Waals surface area contributed by atoms with Crippen molar-refractivity contribution in [3.05, 3.63) is 64.3 Å². The Labute approximate surface area is 146 Å². The maximum absolute atomic E-state index is 12.7. The van der Waals surface area contributed by atoms with Gasteiger partial charge in [-0.2, -0.15) is 5.26 Å². The van der Waals surface area contributed by atoms with E-state index < -0.39 is 5.41 Å². The van der Waals surface area contributed by atoms with Gasteiger partial charge in [0.2, 0.25) is 5.91 Å². The second kappa shape index (κ2) is 6.89. The van der Waals surface area contributed by atoms with Gasteiger partial charge < -0.3 is 9.47 Å². The van der Waals surface area contributed by atoms with Gasteiger partial charge in [0.25, 0.3) is 5.56 Å². The third-order valence-electron chi connectivity index (χ3n) is 4.67. The van der Waals surface area contributed by atoms with Gasteiger partial charge in [-0.1, -0.05) is 6.07 Å². The monoisotopic (exact) mass is 336 g/mol. The van der Waals surface area contributed by atoms with E-state index in [4.69, 9.17) is 0 Å². The van der Waals surface area contributed by atoms with Gasteiger partial charge in [0, 0.05) is 31.5 Å². The summed E-state index contributed by atoms with van der Waals surface area (Å²) in [6.07, 6.45) is 4.71. The Hall–Kier alpha value is -2.94. The number of nitriles is 1. The number of hydrogen-bond donors (Lipinski definition) is 0. The van der Waals surface area contributed by atoms with Gasteiger partial charge in [-0.05, 0) is 43.5 Å². The Kier molecular flexibility index (Phi) is 4.66. The molecule has 128 valence electrons. The van der Waals surface area contributed by atoms with E-state index in [-0.39, 0.29) is 18.0 Å². The van der Waals surface area contributed by atoms with Crippen LogP contribution < -0.4 is 5.56 Å². The normalized spacial score (nSPS) is 20.1. The van der Waals surface area contributed by atoms with Crippen molar-refractivity contribution >= 4 is 5.91 Å². The molecular weight excluding hydrogens is 316 g/mol. The number of piperidine rings is 1. The van der Waals surface area contributed by atoms with Gasteiger partial charge in [-0.3, -0.25) is 14.6 Å². The van der Waals surface area contributed by atoms with E-state index in [1.807, 2.05) is 25.1 Å². The number of aryl methyl sites for hydroxylation is 1. The van der Waals surface area contributed by atoms with Crippen molar-refractivity contribution in [3.63, 3.8) is 0 Å². The lowest BCUT2D eigenvalue weighted by molar-refractivity contribution is -0.133. The molecule has 0 bridgehead atoms. The third-order valence-corrected chi connectivity index (χ3v) is 4.67.